The fourth-order valence-corrected chi connectivity index (χ4v) is 5.22. The van der Waals surface area contributed by atoms with Crippen LogP contribution in [0.4, 0.5) is 26.3 Å². The van der Waals surface area contributed by atoms with Gasteiger partial charge in [-0.05, 0) is 36.4 Å². The number of Topliss-reactive ketones (excluding diaryl/α,β-unsaturated/α-hetero) is 1. The number of thioether (sulfide) groups is 2. The molecular weight excluding hydrogens is 528 g/mol. The third-order valence-corrected chi connectivity index (χ3v) is 7.34. The van der Waals surface area contributed by atoms with Crippen molar-refractivity contribution < 1.29 is 40.6 Å². The second-order valence-electron chi connectivity index (χ2n) is 7.69. The van der Waals surface area contributed by atoms with Crippen molar-refractivity contribution in [2.45, 2.75) is 48.3 Å². The number of ether oxygens (including phenoxy) is 2. The van der Waals surface area contributed by atoms with Crippen LogP contribution in [0.15, 0.2) is 34.1 Å². The zero-order valence-corrected chi connectivity index (χ0v) is 21.6. The van der Waals surface area contributed by atoms with Crippen molar-refractivity contribution in [2.24, 2.45) is 5.73 Å². The minimum atomic E-state index is -4.68. The highest BCUT2D eigenvalue weighted by Crippen LogP contribution is 2.42. The molecule has 0 fully saturated rings. The summed E-state index contributed by atoms with van der Waals surface area (Å²) in [5.74, 6) is 0.296. The summed E-state index contributed by atoms with van der Waals surface area (Å²) in [6, 6.07) is 4.17. The van der Waals surface area contributed by atoms with E-state index in [4.69, 9.17) is 15.2 Å². The number of benzene rings is 2. The Hall–Kier alpha value is -2.05. The second kappa shape index (κ2) is 13.0. The summed E-state index contributed by atoms with van der Waals surface area (Å²) >= 11 is 1.95. The first-order chi connectivity index (χ1) is 16.8. The van der Waals surface area contributed by atoms with Gasteiger partial charge in [-0.25, -0.2) is 0 Å². The molecule has 2 aromatic carbocycles. The Morgan fingerprint density at radius 1 is 0.806 bits per heavy atom. The van der Waals surface area contributed by atoms with Gasteiger partial charge in [0.1, 0.15) is 17.3 Å². The highest BCUT2D eigenvalue weighted by molar-refractivity contribution is 7.99. The molecule has 2 N–H and O–H groups in total. The maximum atomic E-state index is 13.7. The molecule has 0 atom stereocenters. The van der Waals surface area contributed by atoms with Crippen LogP contribution in [0.1, 0.15) is 35.6 Å². The van der Waals surface area contributed by atoms with Crippen LogP contribution in [-0.2, 0) is 30.0 Å². The average molecular weight is 556 g/mol. The number of methoxy groups -OCH3 is 2. The van der Waals surface area contributed by atoms with Crippen LogP contribution in [0, 0.1) is 0 Å². The molecule has 0 aliphatic heterocycles. The lowest BCUT2D eigenvalue weighted by Crippen LogP contribution is -2.14. The van der Waals surface area contributed by atoms with Crippen molar-refractivity contribution in [3.63, 3.8) is 0 Å². The molecule has 0 aliphatic carbocycles. The topological polar surface area (TPSA) is 61.5 Å². The van der Waals surface area contributed by atoms with E-state index in [1.165, 1.54) is 26.4 Å². The van der Waals surface area contributed by atoms with Crippen LogP contribution in [-0.4, -0.2) is 38.1 Å². The quantitative estimate of drug-likeness (QED) is 0.234. The largest absolute Gasteiger partial charge is 0.496 e. The average Bonchev–Trinajstić information content (AvgIpc) is 2.80. The van der Waals surface area contributed by atoms with Gasteiger partial charge in [0.05, 0.1) is 25.3 Å². The summed E-state index contributed by atoms with van der Waals surface area (Å²) in [6.07, 6.45) is -9.60. The molecule has 0 amide bonds. The number of alkyl halides is 6. The van der Waals surface area contributed by atoms with E-state index in [-0.39, 0.29) is 44.7 Å². The molecule has 36 heavy (non-hydrogen) atoms. The highest BCUT2D eigenvalue weighted by atomic mass is 32.2. The smallest absolute Gasteiger partial charge is 0.417 e. The Morgan fingerprint density at radius 3 is 1.56 bits per heavy atom. The minimum absolute atomic E-state index is 0.000747. The number of carbonyl (C=O) groups excluding carboxylic acids is 1. The maximum absolute atomic E-state index is 13.7. The van der Waals surface area contributed by atoms with E-state index in [1.807, 2.05) is 6.92 Å². The Kier molecular flexibility index (Phi) is 10.9. The van der Waals surface area contributed by atoms with Gasteiger partial charge in [-0.1, -0.05) is 6.92 Å². The molecule has 0 aliphatic rings. The first kappa shape index (κ1) is 30.2. The molecule has 12 heteroatoms. The van der Waals surface area contributed by atoms with E-state index >= 15 is 0 Å². The number of hydrogen-bond acceptors (Lipinski definition) is 6. The van der Waals surface area contributed by atoms with Crippen molar-refractivity contribution >= 4 is 29.3 Å². The summed E-state index contributed by atoms with van der Waals surface area (Å²) in [5, 5.41) is 0. The van der Waals surface area contributed by atoms with E-state index < -0.39 is 42.1 Å². The SMILES string of the molecule is CCCSc1cc(OC)c(CC(=O)Cc2cc(C(F)(F)F)c(SCCN)cc2OC)cc1C(F)(F)F. The number of nitrogens with two attached hydrogens (primary N) is 1. The lowest BCUT2D eigenvalue weighted by atomic mass is 9.98. The number of ketones is 1. The molecule has 200 valence electrons. The van der Waals surface area contributed by atoms with Gasteiger partial charge in [-0.3, -0.25) is 4.79 Å². The summed E-state index contributed by atoms with van der Waals surface area (Å²) in [7, 11) is 2.54. The van der Waals surface area contributed by atoms with E-state index in [0.29, 0.717) is 12.2 Å². The lowest BCUT2D eigenvalue weighted by molar-refractivity contribution is -0.140. The molecule has 0 aromatic heterocycles. The van der Waals surface area contributed by atoms with Gasteiger partial charge in [-0.15, -0.1) is 23.5 Å². The van der Waals surface area contributed by atoms with Gasteiger partial charge in [0.2, 0.25) is 0 Å². The predicted octanol–water partition coefficient (Wildman–Crippen LogP) is 6.65. The summed E-state index contributed by atoms with van der Waals surface area (Å²) in [6.45, 7) is 2.01. The first-order valence-corrected chi connectivity index (χ1v) is 12.9. The fraction of sp³-hybridized carbons (Fsp3) is 0.458. The van der Waals surface area contributed by atoms with E-state index in [9.17, 15) is 31.1 Å². The van der Waals surface area contributed by atoms with Crippen molar-refractivity contribution in [1.82, 2.24) is 0 Å². The van der Waals surface area contributed by atoms with Crippen molar-refractivity contribution in [3.8, 4) is 11.5 Å². The first-order valence-electron chi connectivity index (χ1n) is 10.9. The monoisotopic (exact) mass is 555 g/mol. The Balaban J connectivity index is 2.42. The van der Waals surface area contributed by atoms with E-state index in [0.717, 1.165) is 35.7 Å². The Morgan fingerprint density at radius 2 is 1.22 bits per heavy atom. The molecule has 0 saturated carbocycles. The number of carbonyl (C=O) groups is 1. The number of rotatable bonds is 12. The number of halogens is 6. The van der Waals surface area contributed by atoms with Gasteiger partial charge < -0.3 is 15.2 Å². The van der Waals surface area contributed by atoms with Gasteiger partial charge in [0, 0.05) is 46.1 Å². The standard InChI is InChI=1S/C24H27F6NO3S2/c1-4-6-35-21-12-19(33-2)14(10-17(21)23(25,26)27)8-16(32)9-15-11-18(24(28,29)30)22(36-7-5-31)13-20(15)34-3/h10-13H,4-9,31H2,1-3H3. The molecule has 2 rings (SSSR count). The third-order valence-electron chi connectivity index (χ3n) is 4.99. The van der Waals surface area contributed by atoms with Gasteiger partial charge in [-0.2, -0.15) is 26.3 Å². The van der Waals surface area contributed by atoms with Crippen LogP contribution in [0.3, 0.4) is 0 Å². The summed E-state index contributed by atoms with van der Waals surface area (Å²) in [5.41, 5.74) is 3.58. The van der Waals surface area contributed by atoms with Crippen LogP contribution in [0.2, 0.25) is 0 Å². The van der Waals surface area contributed by atoms with Gasteiger partial charge in [0.15, 0.2) is 0 Å². The van der Waals surface area contributed by atoms with Crippen LogP contribution < -0.4 is 15.2 Å². The Labute approximate surface area is 214 Å². The molecular formula is C24H27F6NO3S2. The van der Waals surface area contributed by atoms with E-state index in [1.54, 1.807) is 0 Å². The van der Waals surface area contributed by atoms with Crippen molar-refractivity contribution in [3.05, 3.63) is 46.5 Å². The zero-order valence-electron chi connectivity index (χ0n) is 19.9. The molecule has 0 radical (unpaired) electrons. The van der Waals surface area contributed by atoms with Crippen LogP contribution in [0.5, 0.6) is 11.5 Å². The number of hydrogen-bond donors (Lipinski definition) is 1. The Bertz CT molecular complexity index is 976. The fourth-order valence-electron chi connectivity index (χ4n) is 3.42. The summed E-state index contributed by atoms with van der Waals surface area (Å²) in [4.78, 5) is 12.8. The third kappa shape index (κ3) is 7.97. The van der Waals surface area contributed by atoms with Crippen LogP contribution >= 0.6 is 23.5 Å². The highest BCUT2D eigenvalue weighted by Gasteiger charge is 2.36. The molecule has 0 saturated heterocycles. The van der Waals surface area contributed by atoms with Crippen molar-refractivity contribution in [1.29, 1.82) is 0 Å². The predicted molar refractivity (Wildman–Crippen MR) is 129 cm³/mol. The molecule has 4 nitrogen and oxygen atoms in total. The molecule has 2 aromatic rings. The minimum Gasteiger partial charge on any atom is -0.496 e. The molecule has 0 unspecified atom stereocenters. The zero-order chi connectivity index (χ0) is 27.1. The molecule has 0 spiro atoms. The summed E-state index contributed by atoms with van der Waals surface area (Å²) < 4.78 is 92.5. The molecule has 0 bridgehead atoms. The lowest BCUT2D eigenvalue weighted by Gasteiger charge is -2.18. The van der Waals surface area contributed by atoms with Gasteiger partial charge >= 0.3 is 12.4 Å². The maximum Gasteiger partial charge on any atom is 0.417 e. The van der Waals surface area contributed by atoms with Gasteiger partial charge in [0.25, 0.3) is 0 Å². The van der Waals surface area contributed by atoms with E-state index in [2.05, 4.69) is 0 Å². The van der Waals surface area contributed by atoms with Crippen LogP contribution in [0.25, 0.3) is 0 Å². The second-order valence-corrected chi connectivity index (χ2v) is 9.97. The van der Waals surface area contributed by atoms with Crippen molar-refractivity contribution in [2.75, 3.05) is 32.3 Å². The normalized spacial score (nSPS) is 12.1. The molecule has 0 heterocycles.